The molecule has 1 N–H and O–H groups in total. The zero-order valence-corrected chi connectivity index (χ0v) is 14.0. The molecule has 0 aromatic rings. The largest absolute Gasteiger partial charge is 0.459 e. The fourth-order valence-corrected chi connectivity index (χ4v) is 4.09. The van der Waals surface area contributed by atoms with Crippen LogP contribution in [0.3, 0.4) is 0 Å². The minimum absolute atomic E-state index is 0.0493. The van der Waals surface area contributed by atoms with Gasteiger partial charge in [-0.25, -0.2) is 0 Å². The zero-order valence-electron chi connectivity index (χ0n) is 14.0. The number of ether oxygens (including phenoxy) is 3. The third-order valence-electron chi connectivity index (χ3n) is 5.89. The third kappa shape index (κ3) is 2.91. The molecule has 2 heterocycles. The highest BCUT2D eigenvalue weighted by molar-refractivity contribution is 5.66. The van der Waals surface area contributed by atoms with Crippen LogP contribution in [0.25, 0.3) is 0 Å². The van der Waals surface area contributed by atoms with Crippen molar-refractivity contribution in [3.05, 3.63) is 0 Å². The van der Waals surface area contributed by atoms with Crippen molar-refractivity contribution >= 4 is 5.97 Å². The quantitative estimate of drug-likeness (QED) is 0.638. The molecule has 3 fully saturated rings. The standard InChI is InChI=1S/C17H28O5/c1-10(9-18)12-5-7-16(3)13(21-16)6-8-17(4)15(22-17)14(12)20-11(2)19/h10,12-15,18H,5-9H2,1-4H3/t10-,12+,13-,14-,15+,16-,17+/m1/s1. The molecule has 5 nitrogen and oxygen atoms in total. The second kappa shape index (κ2) is 5.46. The van der Waals surface area contributed by atoms with E-state index in [1.165, 1.54) is 6.92 Å². The highest BCUT2D eigenvalue weighted by Gasteiger charge is 2.62. The van der Waals surface area contributed by atoms with Gasteiger partial charge in [-0.1, -0.05) is 6.92 Å². The lowest BCUT2D eigenvalue weighted by Gasteiger charge is -2.31. The van der Waals surface area contributed by atoms with Crippen LogP contribution < -0.4 is 0 Å². The van der Waals surface area contributed by atoms with Gasteiger partial charge >= 0.3 is 5.97 Å². The van der Waals surface area contributed by atoms with Crippen LogP contribution in [-0.4, -0.2) is 47.2 Å². The van der Waals surface area contributed by atoms with Crippen LogP contribution in [0.1, 0.15) is 53.4 Å². The molecule has 3 rings (SSSR count). The summed E-state index contributed by atoms with van der Waals surface area (Å²) in [6, 6.07) is 0. The van der Waals surface area contributed by atoms with Crippen LogP contribution in [0, 0.1) is 11.8 Å². The second-order valence-corrected chi connectivity index (χ2v) is 7.75. The number of aliphatic hydroxyl groups excluding tert-OH is 1. The Bertz CT molecular complexity index is 452. The Balaban J connectivity index is 1.83. The maximum Gasteiger partial charge on any atom is 0.303 e. The fourth-order valence-electron chi connectivity index (χ4n) is 4.09. The van der Waals surface area contributed by atoms with Gasteiger partial charge in [0, 0.05) is 19.4 Å². The summed E-state index contributed by atoms with van der Waals surface area (Å²) in [5.74, 6) is -0.111. The number of carbonyl (C=O) groups excluding carboxylic acids is 1. The molecule has 1 saturated carbocycles. The molecule has 5 heteroatoms. The van der Waals surface area contributed by atoms with Crippen molar-refractivity contribution in [2.24, 2.45) is 11.8 Å². The van der Waals surface area contributed by atoms with Gasteiger partial charge in [-0.2, -0.15) is 0 Å². The molecule has 22 heavy (non-hydrogen) atoms. The van der Waals surface area contributed by atoms with Gasteiger partial charge in [0.2, 0.25) is 0 Å². The van der Waals surface area contributed by atoms with Crippen LogP contribution in [0.2, 0.25) is 0 Å². The maximum atomic E-state index is 11.6. The molecule has 0 aromatic heterocycles. The van der Waals surface area contributed by atoms with E-state index < -0.39 is 0 Å². The first-order valence-electron chi connectivity index (χ1n) is 8.43. The average Bonchev–Trinajstić information content (AvgIpc) is 3.31. The van der Waals surface area contributed by atoms with Gasteiger partial charge < -0.3 is 19.3 Å². The minimum Gasteiger partial charge on any atom is -0.459 e. The molecule has 1 aliphatic carbocycles. The van der Waals surface area contributed by atoms with Gasteiger partial charge in [0.15, 0.2) is 0 Å². The number of hydrogen-bond donors (Lipinski definition) is 1. The monoisotopic (exact) mass is 312 g/mol. The van der Waals surface area contributed by atoms with E-state index in [4.69, 9.17) is 14.2 Å². The van der Waals surface area contributed by atoms with Crippen molar-refractivity contribution in [3.63, 3.8) is 0 Å². The van der Waals surface area contributed by atoms with Gasteiger partial charge in [-0.05, 0) is 45.4 Å². The van der Waals surface area contributed by atoms with Crippen molar-refractivity contribution < 1.29 is 24.1 Å². The number of fused-ring (bicyclic) bond motifs is 2. The van der Waals surface area contributed by atoms with Crippen molar-refractivity contribution in [1.29, 1.82) is 0 Å². The molecule has 0 unspecified atom stereocenters. The Morgan fingerprint density at radius 3 is 2.59 bits per heavy atom. The number of epoxide rings is 2. The normalized spacial score (nSPS) is 48.6. The molecule has 0 radical (unpaired) electrons. The lowest BCUT2D eigenvalue weighted by Crippen LogP contribution is -2.40. The number of aliphatic hydroxyl groups is 1. The highest BCUT2D eigenvalue weighted by atomic mass is 16.6. The molecule has 0 amide bonds. The Morgan fingerprint density at radius 2 is 1.95 bits per heavy atom. The second-order valence-electron chi connectivity index (χ2n) is 7.75. The van der Waals surface area contributed by atoms with Gasteiger partial charge in [-0.3, -0.25) is 4.79 Å². The summed E-state index contributed by atoms with van der Waals surface area (Å²) in [6.07, 6.45) is 3.73. The summed E-state index contributed by atoms with van der Waals surface area (Å²) in [4.78, 5) is 11.6. The summed E-state index contributed by atoms with van der Waals surface area (Å²) in [5, 5.41) is 9.62. The van der Waals surface area contributed by atoms with E-state index in [9.17, 15) is 9.90 Å². The van der Waals surface area contributed by atoms with Gasteiger partial charge in [0.1, 0.15) is 12.2 Å². The Morgan fingerprint density at radius 1 is 1.27 bits per heavy atom. The molecular formula is C17H28O5. The van der Waals surface area contributed by atoms with E-state index in [2.05, 4.69) is 13.8 Å². The Labute approximate surface area is 132 Å². The van der Waals surface area contributed by atoms with E-state index in [1.54, 1.807) is 0 Å². The van der Waals surface area contributed by atoms with Crippen LogP contribution in [0.5, 0.6) is 0 Å². The summed E-state index contributed by atoms with van der Waals surface area (Å²) < 4.78 is 17.5. The number of hydrogen-bond acceptors (Lipinski definition) is 5. The van der Waals surface area contributed by atoms with E-state index in [-0.39, 0.29) is 47.8 Å². The Hall–Kier alpha value is -0.650. The average molecular weight is 312 g/mol. The summed E-state index contributed by atoms with van der Waals surface area (Å²) in [6.45, 7) is 7.80. The SMILES string of the molecule is CC(=O)O[C@@H]1[C@H]([C@H](C)CO)CC[C@@]2(C)O[C@@H]2CC[C@]2(C)O[C@@H]12. The maximum absolute atomic E-state index is 11.6. The topological polar surface area (TPSA) is 71.6 Å². The van der Waals surface area contributed by atoms with Crippen LogP contribution in [-0.2, 0) is 19.0 Å². The van der Waals surface area contributed by atoms with E-state index in [0.717, 1.165) is 25.7 Å². The molecule has 126 valence electrons. The molecule has 0 bridgehead atoms. The van der Waals surface area contributed by atoms with Gasteiger partial charge in [0.25, 0.3) is 0 Å². The smallest absolute Gasteiger partial charge is 0.303 e. The molecule has 3 aliphatic rings. The summed E-state index contributed by atoms with van der Waals surface area (Å²) in [5.41, 5.74) is -0.274. The van der Waals surface area contributed by atoms with Crippen LogP contribution >= 0.6 is 0 Å². The lowest BCUT2D eigenvalue weighted by molar-refractivity contribution is -0.152. The van der Waals surface area contributed by atoms with Gasteiger partial charge in [0.05, 0.1) is 17.3 Å². The van der Waals surface area contributed by atoms with Crippen molar-refractivity contribution in [2.45, 2.75) is 82.9 Å². The molecule has 2 saturated heterocycles. The molecular weight excluding hydrogens is 284 g/mol. The molecule has 2 aliphatic heterocycles. The minimum atomic E-state index is -0.276. The van der Waals surface area contributed by atoms with Crippen LogP contribution in [0.15, 0.2) is 0 Å². The third-order valence-corrected chi connectivity index (χ3v) is 5.89. The Kier molecular flexibility index (Phi) is 4.03. The number of rotatable bonds is 3. The highest BCUT2D eigenvalue weighted by Crippen LogP contribution is 2.53. The van der Waals surface area contributed by atoms with E-state index in [1.807, 2.05) is 6.92 Å². The van der Waals surface area contributed by atoms with Crippen molar-refractivity contribution in [3.8, 4) is 0 Å². The molecule has 0 spiro atoms. The summed E-state index contributed by atoms with van der Waals surface area (Å²) >= 11 is 0. The number of esters is 1. The van der Waals surface area contributed by atoms with E-state index in [0.29, 0.717) is 6.10 Å². The van der Waals surface area contributed by atoms with Crippen molar-refractivity contribution in [2.75, 3.05) is 6.61 Å². The first-order valence-corrected chi connectivity index (χ1v) is 8.43. The first kappa shape index (κ1) is 16.2. The molecule has 0 aromatic carbocycles. The predicted octanol–water partition coefficient (Wildman–Crippen LogP) is 2.05. The first-order chi connectivity index (χ1) is 10.3. The van der Waals surface area contributed by atoms with E-state index >= 15 is 0 Å². The summed E-state index contributed by atoms with van der Waals surface area (Å²) in [7, 11) is 0. The van der Waals surface area contributed by atoms with Gasteiger partial charge in [-0.15, -0.1) is 0 Å². The molecule has 7 atom stereocenters. The van der Waals surface area contributed by atoms with Crippen molar-refractivity contribution in [1.82, 2.24) is 0 Å². The zero-order chi connectivity index (χ0) is 16.1. The predicted molar refractivity (Wildman–Crippen MR) is 80.3 cm³/mol. The lowest BCUT2D eigenvalue weighted by atomic mass is 9.78. The van der Waals surface area contributed by atoms with Crippen LogP contribution in [0.4, 0.5) is 0 Å². The fraction of sp³-hybridized carbons (Fsp3) is 0.941. The number of carbonyl (C=O) groups is 1.